The number of unbranched alkanes of at least 4 members (excludes halogenated alkanes) is 1. The first-order chi connectivity index (χ1) is 16.0. The standard InChI is InChI=1S/C26H25N3O3S/c1-3-4-15-31-20-12-9-18(10-13-20)24(30)29-26(33)27-19-11-14-23-22(16-19)28-25(32-23)21-8-6-5-7-17(21)2/h5-14,16H,3-4,15H2,1-2H3,(H2,27,29,30,33). The van der Waals surface area contributed by atoms with Crippen LogP contribution in [-0.4, -0.2) is 22.6 Å². The minimum atomic E-state index is -0.294. The predicted octanol–water partition coefficient (Wildman–Crippen LogP) is 6.11. The summed E-state index contributed by atoms with van der Waals surface area (Å²) in [7, 11) is 0. The van der Waals surface area contributed by atoms with E-state index in [1.54, 1.807) is 24.3 Å². The Kier molecular flexibility index (Phi) is 7.00. The van der Waals surface area contributed by atoms with Crippen LogP contribution in [0.3, 0.4) is 0 Å². The highest BCUT2D eigenvalue weighted by molar-refractivity contribution is 7.80. The Labute approximate surface area is 198 Å². The Bertz CT molecular complexity index is 1280. The van der Waals surface area contributed by atoms with Gasteiger partial charge in [0.25, 0.3) is 5.91 Å². The maximum Gasteiger partial charge on any atom is 0.257 e. The number of hydrogen-bond donors (Lipinski definition) is 2. The third-order valence-electron chi connectivity index (χ3n) is 5.13. The van der Waals surface area contributed by atoms with Crippen LogP contribution in [0, 0.1) is 6.92 Å². The molecule has 0 aliphatic rings. The SMILES string of the molecule is CCCCOc1ccc(C(=O)NC(=S)Nc2ccc3oc(-c4ccccc4C)nc3c2)cc1. The third kappa shape index (κ3) is 5.56. The lowest BCUT2D eigenvalue weighted by molar-refractivity contribution is 0.0977. The van der Waals surface area contributed by atoms with Crippen LogP contribution >= 0.6 is 12.2 Å². The minimum Gasteiger partial charge on any atom is -0.494 e. The number of thiocarbonyl (C=S) groups is 1. The molecule has 1 heterocycles. The summed E-state index contributed by atoms with van der Waals surface area (Å²) < 4.78 is 11.5. The van der Waals surface area contributed by atoms with Crippen molar-refractivity contribution >= 4 is 40.0 Å². The molecule has 0 aliphatic carbocycles. The molecule has 0 spiro atoms. The number of nitrogens with one attached hydrogen (secondary N) is 2. The molecule has 0 fully saturated rings. The van der Waals surface area contributed by atoms with Crippen LogP contribution in [-0.2, 0) is 0 Å². The zero-order valence-electron chi connectivity index (χ0n) is 18.6. The maximum absolute atomic E-state index is 12.5. The molecular weight excluding hydrogens is 434 g/mol. The second kappa shape index (κ2) is 10.3. The zero-order chi connectivity index (χ0) is 23.2. The van der Waals surface area contributed by atoms with Crippen LogP contribution in [0.5, 0.6) is 5.75 Å². The van der Waals surface area contributed by atoms with Gasteiger partial charge in [0.2, 0.25) is 5.89 Å². The number of oxazole rings is 1. The summed E-state index contributed by atoms with van der Waals surface area (Å²) in [6.07, 6.45) is 2.07. The average molecular weight is 460 g/mol. The molecule has 0 unspecified atom stereocenters. The number of amides is 1. The Balaban J connectivity index is 1.39. The summed E-state index contributed by atoms with van der Waals surface area (Å²) in [6, 6.07) is 20.4. The Morgan fingerprint density at radius 1 is 1.09 bits per heavy atom. The molecule has 4 aromatic rings. The second-order valence-corrected chi connectivity index (χ2v) is 8.06. The number of fused-ring (bicyclic) bond motifs is 1. The van der Waals surface area contributed by atoms with Gasteiger partial charge in [-0.1, -0.05) is 31.5 Å². The molecule has 3 aromatic carbocycles. The van der Waals surface area contributed by atoms with Crippen LogP contribution in [0.15, 0.2) is 71.1 Å². The van der Waals surface area contributed by atoms with E-state index in [0.717, 1.165) is 29.7 Å². The second-order valence-electron chi connectivity index (χ2n) is 7.65. The first-order valence-electron chi connectivity index (χ1n) is 10.9. The molecule has 1 aromatic heterocycles. The van der Waals surface area contributed by atoms with Gasteiger partial charge in [0.1, 0.15) is 11.3 Å². The predicted molar refractivity (Wildman–Crippen MR) is 135 cm³/mol. The van der Waals surface area contributed by atoms with Gasteiger partial charge < -0.3 is 14.5 Å². The van der Waals surface area contributed by atoms with Crippen LogP contribution in [0.2, 0.25) is 0 Å². The molecule has 0 radical (unpaired) electrons. The van der Waals surface area contributed by atoms with Gasteiger partial charge in [0.15, 0.2) is 10.7 Å². The lowest BCUT2D eigenvalue weighted by Crippen LogP contribution is -2.34. The van der Waals surface area contributed by atoms with E-state index in [9.17, 15) is 4.79 Å². The normalized spacial score (nSPS) is 10.7. The molecule has 2 N–H and O–H groups in total. The van der Waals surface area contributed by atoms with Crippen molar-refractivity contribution in [1.29, 1.82) is 0 Å². The maximum atomic E-state index is 12.5. The van der Waals surface area contributed by atoms with Crippen molar-refractivity contribution in [1.82, 2.24) is 10.3 Å². The number of aromatic nitrogens is 1. The number of aryl methyl sites for hydroxylation is 1. The van der Waals surface area contributed by atoms with Gasteiger partial charge in [-0.2, -0.15) is 0 Å². The van der Waals surface area contributed by atoms with Crippen LogP contribution < -0.4 is 15.4 Å². The fourth-order valence-corrected chi connectivity index (χ4v) is 3.52. The van der Waals surface area contributed by atoms with Crippen molar-refractivity contribution in [3.63, 3.8) is 0 Å². The Hall–Kier alpha value is -3.71. The minimum absolute atomic E-state index is 0.199. The van der Waals surface area contributed by atoms with Crippen molar-refractivity contribution in [3.05, 3.63) is 77.9 Å². The molecule has 0 atom stereocenters. The van der Waals surface area contributed by atoms with Gasteiger partial charge >= 0.3 is 0 Å². The van der Waals surface area contributed by atoms with E-state index >= 15 is 0 Å². The summed E-state index contributed by atoms with van der Waals surface area (Å²) in [5, 5.41) is 5.93. The Morgan fingerprint density at radius 3 is 2.64 bits per heavy atom. The molecular formula is C26H25N3O3S. The molecule has 7 heteroatoms. The number of anilines is 1. The summed E-state index contributed by atoms with van der Waals surface area (Å²) in [6.45, 7) is 4.80. The monoisotopic (exact) mass is 459 g/mol. The van der Waals surface area contributed by atoms with Gasteiger partial charge in [-0.3, -0.25) is 10.1 Å². The smallest absolute Gasteiger partial charge is 0.257 e. The van der Waals surface area contributed by atoms with Crippen LogP contribution in [0.1, 0.15) is 35.7 Å². The Morgan fingerprint density at radius 2 is 1.88 bits per heavy atom. The fraction of sp³-hybridized carbons (Fsp3) is 0.192. The average Bonchev–Trinajstić information content (AvgIpc) is 3.23. The molecule has 168 valence electrons. The quantitative estimate of drug-likeness (QED) is 0.257. The number of ether oxygens (including phenoxy) is 1. The first kappa shape index (κ1) is 22.5. The van der Waals surface area contributed by atoms with Gasteiger partial charge in [-0.25, -0.2) is 4.98 Å². The molecule has 0 saturated carbocycles. The molecule has 0 bridgehead atoms. The number of carbonyl (C=O) groups excluding carboxylic acids is 1. The molecule has 33 heavy (non-hydrogen) atoms. The molecule has 0 saturated heterocycles. The summed E-state index contributed by atoms with van der Waals surface area (Å²) in [5.74, 6) is 1.02. The van der Waals surface area contributed by atoms with E-state index in [1.807, 2.05) is 49.4 Å². The highest BCUT2D eigenvalue weighted by atomic mass is 32.1. The van der Waals surface area contributed by atoms with Gasteiger partial charge in [-0.05, 0) is 79.7 Å². The van der Waals surface area contributed by atoms with Crippen molar-refractivity contribution in [2.75, 3.05) is 11.9 Å². The van der Waals surface area contributed by atoms with Gasteiger partial charge in [0.05, 0.1) is 6.61 Å². The van der Waals surface area contributed by atoms with E-state index < -0.39 is 0 Å². The van der Waals surface area contributed by atoms with Crippen molar-refractivity contribution in [2.24, 2.45) is 0 Å². The van der Waals surface area contributed by atoms with Crippen molar-refractivity contribution < 1.29 is 13.9 Å². The van der Waals surface area contributed by atoms with E-state index in [4.69, 9.17) is 21.4 Å². The number of benzene rings is 3. The summed E-state index contributed by atoms with van der Waals surface area (Å²) in [5.41, 5.74) is 4.62. The van der Waals surface area contributed by atoms with Crippen molar-refractivity contribution in [2.45, 2.75) is 26.7 Å². The first-order valence-corrected chi connectivity index (χ1v) is 11.3. The number of nitrogens with zero attached hydrogens (tertiary/aromatic N) is 1. The van der Waals surface area contributed by atoms with Gasteiger partial charge in [0, 0.05) is 16.8 Å². The molecule has 0 aliphatic heterocycles. The zero-order valence-corrected chi connectivity index (χ0v) is 19.4. The molecule has 1 amide bonds. The molecule has 6 nitrogen and oxygen atoms in total. The van der Waals surface area contributed by atoms with E-state index in [2.05, 4.69) is 22.5 Å². The number of carbonyl (C=O) groups is 1. The van der Waals surface area contributed by atoms with Crippen LogP contribution in [0.25, 0.3) is 22.6 Å². The number of rotatable bonds is 7. The third-order valence-corrected chi connectivity index (χ3v) is 5.34. The highest BCUT2D eigenvalue weighted by Crippen LogP contribution is 2.28. The lowest BCUT2D eigenvalue weighted by atomic mass is 10.1. The topological polar surface area (TPSA) is 76.4 Å². The van der Waals surface area contributed by atoms with Crippen molar-refractivity contribution in [3.8, 4) is 17.2 Å². The highest BCUT2D eigenvalue weighted by Gasteiger charge is 2.12. The van der Waals surface area contributed by atoms with Gasteiger partial charge in [-0.15, -0.1) is 0 Å². The van der Waals surface area contributed by atoms with Crippen LogP contribution in [0.4, 0.5) is 5.69 Å². The van der Waals surface area contributed by atoms with E-state index in [0.29, 0.717) is 34.8 Å². The van der Waals surface area contributed by atoms with E-state index in [1.165, 1.54) is 0 Å². The summed E-state index contributed by atoms with van der Waals surface area (Å²) >= 11 is 5.32. The van der Waals surface area contributed by atoms with E-state index in [-0.39, 0.29) is 11.0 Å². The fourth-order valence-electron chi connectivity index (χ4n) is 3.31. The summed E-state index contributed by atoms with van der Waals surface area (Å²) in [4.78, 5) is 17.1. The number of hydrogen-bond acceptors (Lipinski definition) is 5. The lowest BCUT2D eigenvalue weighted by Gasteiger charge is -2.10. The largest absolute Gasteiger partial charge is 0.494 e. The molecule has 4 rings (SSSR count).